The van der Waals surface area contributed by atoms with E-state index in [2.05, 4.69) is 18.9 Å². The van der Waals surface area contributed by atoms with E-state index in [4.69, 9.17) is 5.73 Å². The van der Waals surface area contributed by atoms with E-state index in [9.17, 15) is 4.79 Å². The molecule has 4 nitrogen and oxygen atoms in total. The van der Waals surface area contributed by atoms with E-state index >= 15 is 0 Å². The van der Waals surface area contributed by atoms with Crippen LogP contribution in [0, 0.1) is 5.92 Å². The van der Waals surface area contributed by atoms with E-state index in [0.29, 0.717) is 12.3 Å². The number of hydrogen-bond donors (Lipinski definition) is 1. The summed E-state index contributed by atoms with van der Waals surface area (Å²) in [6.07, 6.45) is 2.55. The summed E-state index contributed by atoms with van der Waals surface area (Å²) < 4.78 is 0. The average Bonchev–Trinajstić information content (AvgIpc) is 2.74. The summed E-state index contributed by atoms with van der Waals surface area (Å²) in [7, 11) is 2.14. The van der Waals surface area contributed by atoms with Gasteiger partial charge in [0.05, 0.1) is 0 Å². The summed E-state index contributed by atoms with van der Waals surface area (Å²) in [4.78, 5) is 16.2. The van der Waals surface area contributed by atoms with Gasteiger partial charge in [-0.2, -0.15) is 0 Å². The van der Waals surface area contributed by atoms with Crippen LogP contribution < -0.4 is 5.73 Å². The Balaban J connectivity index is 2.27. The fourth-order valence-electron chi connectivity index (χ4n) is 2.29. The van der Waals surface area contributed by atoms with Crippen LogP contribution in [0.2, 0.25) is 0 Å². The van der Waals surface area contributed by atoms with Gasteiger partial charge in [0.2, 0.25) is 5.91 Å². The highest BCUT2D eigenvalue weighted by molar-refractivity contribution is 5.76. The summed E-state index contributed by atoms with van der Waals surface area (Å²) in [5, 5.41) is 0. The van der Waals surface area contributed by atoms with Gasteiger partial charge in [-0.25, -0.2) is 0 Å². The minimum atomic E-state index is 0.128. The van der Waals surface area contributed by atoms with Crippen LogP contribution in [-0.4, -0.2) is 55.0 Å². The molecule has 1 heterocycles. The van der Waals surface area contributed by atoms with E-state index in [1.165, 1.54) is 0 Å². The maximum absolute atomic E-state index is 11.9. The van der Waals surface area contributed by atoms with Gasteiger partial charge < -0.3 is 15.5 Å². The smallest absolute Gasteiger partial charge is 0.222 e. The van der Waals surface area contributed by atoms with E-state index in [0.717, 1.165) is 39.0 Å². The Hall–Kier alpha value is -0.610. The van der Waals surface area contributed by atoms with Gasteiger partial charge in [0.15, 0.2) is 0 Å². The molecule has 100 valence electrons. The lowest BCUT2D eigenvalue weighted by Crippen LogP contribution is -2.32. The maximum Gasteiger partial charge on any atom is 0.222 e. The molecule has 2 unspecified atom stereocenters. The van der Waals surface area contributed by atoms with Crippen LogP contribution in [0.1, 0.15) is 33.1 Å². The van der Waals surface area contributed by atoms with Crippen LogP contribution >= 0.6 is 0 Å². The maximum atomic E-state index is 11.9. The first kappa shape index (κ1) is 14.5. The molecule has 0 spiro atoms. The Labute approximate surface area is 105 Å². The quantitative estimate of drug-likeness (QED) is 0.752. The third-order valence-electron chi connectivity index (χ3n) is 3.56. The average molecular weight is 241 g/mol. The highest BCUT2D eigenvalue weighted by Gasteiger charge is 2.26. The molecule has 0 aromatic rings. The Bertz CT molecular complexity index is 243. The van der Waals surface area contributed by atoms with Crippen molar-refractivity contribution in [2.45, 2.75) is 39.2 Å². The summed E-state index contributed by atoms with van der Waals surface area (Å²) in [6.45, 7) is 8.17. The standard InChI is InChI=1S/C13H27N3O/c1-4-15(3)9-12-7-8-16(10-12)13(17)6-5-11(2)14/h11-12H,4-10,14H2,1-3H3. The fraction of sp³-hybridized carbons (Fsp3) is 0.923. The van der Waals surface area contributed by atoms with Gasteiger partial charge >= 0.3 is 0 Å². The second kappa shape index (κ2) is 6.97. The van der Waals surface area contributed by atoms with Crippen LogP contribution in [0.5, 0.6) is 0 Å². The molecular formula is C13H27N3O. The van der Waals surface area contributed by atoms with E-state index in [1.54, 1.807) is 0 Å². The third-order valence-corrected chi connectivity index (χ3v) is 3.56. The fourth-order valence-corrected chi connectivity index (χ4v) is 2.29. The van der Waals surface area contributed by atoms with Crippen molar-refractivity contribution in [1.29, 1.82) is 0 Å². The lowest BCUT2D eigenvalue weighted by Gasteiger charge is -2.20. The van der Waals surface area contributed by atoms with Gasteiger partial charge in [-0.05, 0) is 39.3 Å². The zero-order valence-corrected chi connectivity index (χ0v) is 11.5. The summed E-state index contributed by atoms with van der Waals surface area (Å²) in [5.41, 5.74) is 5.67. The van der Waals surface area contributed by atoms with Gasteiger partial charge in [0.25, 0.3) is 0 Å². The van der Waals surface area contributed by atoms with Gasteiger partial charge in [0.1, 0.15) is 0 Å². The van der Waals surface area contributed by atoms with Crippen molar-refractivity contribution in [3.8, 4) is 0 Å². The first-order valence-corrected chi connectivity index (χ1v) is 6.74. The van der Waals surface area contributed by atoms with Crippen molar-refractivity contribution in [2.24, 2.45) is 11.7 Å². The molecule has 1 fully saturated rings. The molecule has 0 bridgehead atoms. The van der Waals surface area contributed by atoms with Crippen LogP contribution in [0.4, 0.5) is 0 Å². The second-order valence-corrected chi connectivity index (χ2v) is 5.37. The van der Waals surface area contributed by atoms with Crippen molar-refractivity contribution >= 4 is 5.91 Å². The number of carbonyl (C=O) groups is 1. The second-order valence-electron chi connectivity index (χ2n) is 5.37. The van der Waals surface area contributed by atoms with Crippen molar-refractivity contribution in [3.63, 3.8) is 0 Å². The minimum absolute atomic E-state index is 0.128. The molecule has 1 aliphatic rings. The van der Waals surface area contributed by atoms with Gasteiger partial charge in [-0.3, -0.25) is 4.79 Å². The molecule has 0 saturated carbocycles. The Kier molecular flexibility index (Phi) is 5.92. The first-order valence-electron chi connectivity index (χ1n) is 6.74. The van der Waals surface area contributed by atoms with E-state index in [1.807, 2.05) is 11.8 Å². The molecule has 2 N–H and O–H groups in total. The molecule has 17 heavy (non-hydrogen) atoms. The predicted octanol–water partition coefficient (Wildman–Crippen LogP) is 0.914. The number of hydrogen-bond acceptors (Lipinski definition) is 3. The molecule has 2 atom stereocenters. The number of rotatable bonds is 6. The zero-order valence-electron chi connectivity index (χ0n) is 11.5. The SMILES string of the molecule is CCN(C)CC1CCN(C(=O)CCC(C)N)C1. The van der Waals surface area contributed by atoms with Crippen LogP contribution in [0.3, 0.4) is 0 Å². The summed E-state index contributed by atoms with van der Waals surface area (Å²) >= 11 is 0. The highest BCUT2D eigenvalue weighted by Crippen LogP contribution is 2.18. The highest BCUT2D eigenvalue weighted by atomic mass is 16.2. The largest absolute Gasteiger partial charge is 0.342 e. The molecule has 0 aromatic carbocycles. The minimum Gasteiger partial charge on any atom is -0.342 e. The topological polar surface area (TPSA) is 49.6 Å². The summed E-state index contributed by atoms with van der Waals surface area (Å²) in [5.74, 6) is 0.933. The molecule has 0 aliphatic carbocycles. The van der Waals surface area contributed by atoms with Crippen LogP contribution in [-0.2, 0) is 4.79 Å². The molecule has 1 amide bonds. The monoisotopic (exact) mass is 241 g/mol. The number of nitrogens with two attached hydrogens (primary N) is 1. The molecule has 1 saturated heterocycles. The molecule has 0 aromatic heterocycles. The number of amides is 1. The number of nitrogens with zero attached hydrogens (tertiary/aromatic N) is 2. The number of likely N-dealkylation sites (tertiary alicyclic amines) is 1. The third kappa shape index (κ3) is 5.04. The van der Waals surface area contributed by atoms with Crippen LogP contribution in [0.25, 0.3) is 0 Å². The van der Waals surface area contributed by atoms with E-state index in [-0.39, 0.29) is 11.9 Å². The van der Waals surface area contributed by atoms with Gasteiger partial charge in [0, 0.05) is 32.1 Å². The van der Waals surface area contributed by atoms with Crippen molar-refractivity contribution in [1.82, 2.24) is 9.80 Å². The lowest BCUT2D eigenvalue weighted by molar-refractivity contribution is -0.130. The Morgan fingerprint density at radius 3 is 2.88 bits per heavy atom. The Morgan fingerprint density at radius 2 is 2.29 bits per heavy atom. The lowest BCUT2D eigenvalue weighted by atomic mass is 10.1. The first-order chi connectivity index (χ1) is 8.02. The van der Waals surface area contributed by atoms with Crippen molar-refractivity contribution < 1.29 is 4.79 Å². The van der Waals surface area contributed by atoms with Gasteiger partial charge in [-0.15, -0.1) is 0 Å². The van der Waals surface area contributed by atoms with Crippen LogP contribution in [0.15, 0.2) is 0 Å². The van der Waals surface area contributed by atoms with Gasteiger partial charge in [-0.1, -0.05) is 6.92 Å². The summed E-state index contributed by atoms with van der Waals surface area (Å²) in [6, 6.07) is 0.128. The molecule has 1 rings (SSSR count). The predicted molar refractivity (Wildman–Crippen MR) is 70.7 cm³/mol. The molecule has 1 aliphatic heterocycles. The molecule has 0 radical (unpaired) electrons. The van der Waals surface area contributed by atoms with Crippen molar-refractivity contribution in [2.75, 3.05) is 33.2 Å². The normalized spacial score (nSPS) is 22.2. The Morgan fingerprint density at radius 1 is 1.59 bits per heavy atom. The molecular weight excluding hydrogens is 214 g/mol. The zero-order chi connectivity index (χ0) is 12.8. The molecule has 4 heteroatoms. The van der Waals surface area contributed by atoms with E-state index < -0.39 is 0 Å². The van der Waals surface area contributed by atoms with Crippen molar-refractivity contribution in [3.05, 3.63) is 0 Å². The number of carbonyl (C=O) groups excluding carboxylic acids is 1.